The third-order valence-electron chi connectivity index (χ3n) is 3.72. The van der Waals surface area contributed by atoms with Gasteiger partial charge < -0.3 is 14.2 Å². The Morgan fingerprint density at radius 1 is 1.00 bits per heavy atom. The third-order valence-corrected chi connectivity index (χ3v) is 3.72. The second-order valence-corrected chi connectivity index (χ2v) is 5.71. The summed E-state index contributed by atoms with van der Waals surface area (Å²) in [6.07, 6.45) is -1.05. The van der Waals surface area contributed by atoms with Gasteiger partial charge in [-0.15, -0.1) is 0 Å². The van der Waals surface area contributed by atoms with Gasteiger partial charge in [-0.3, -0.25) is 9.59 Å². The van der Waals surface area contributed by atoms with Crippen LogP contribution in [0.25, 0.3) is 0 Å². The number of carbonyl (C=O) groups excluding carboxylic acids is 3. The Bertz CT molecular complexity index is 844. The molecule has 0 bridgehead atoms. The van der Waals surface area contributed by atoms with Crippen molar-refractivity contribution in [2.45, 2.75) is 20.0 Å². The quantitative estimate of drug-likeness (QED) is 0.521. The summed E-state index contributed by atoms with van der Waals surface area (Å²) in [7, 11) is 1.41. The van der Waals surface area contributed by atoms with Crippen molar-refractivity contribution < 1.29 is 33.0 Å². The monoisotopic (exact) mass is 374 g/mol. The fraction of sp³-hybridized carbons (Fsp3) is 0.250. The number of ketones is 2. The van der Waals surface area contributed by atoms with Crippen LogP contribution in [0.5, 0.6) is 11.5 Å². The number of hydrogen-bond donors (Lipinski definition) is 0. The predicted octanol–water partition coefficient (Wildman–Crippen LogP) is 3.23. The van der Waals surface area contributed by atoms with Gasteiger partial charge in [-0.25, -0.2) is 9.18 Å². The van der Waals surface area contributed by atoms with Crippen LogP contribution in [0, 0.1) is 5.82 Å². The van der Waals surface area contributed by atoms with Gasteiger partial charge in [0.15, 0.2) is 30.0 Å². The van der Waals surface area contributed by atoms with Gasteiger partial charge in [0.1, 0.15) is 5.82 Å². The molecular weight excluding hydrogens is 355 g/mol. The van der Waals surface area contributed by atoms with E-state index in [2.05, 4.69) is 0 Å². The molecule has 142 valence electrons. The lowest BCUT2D eigenvalue weighted by molar-refractivity contribution is -0.148. The highest BCUT2D eigenvalue weighted by molar-refractivity contribution is 6.00. The van der Waals surface area contributed by atoms with Gasteiger partial charge in [0.25, 0.3) is 0 Å². The highest BCUT2D eigenvalue weighted by Crippen LogP contribution is 2.28. The van der Waals surface area contributed by atoms with Crippen molar-refractivity contribution in [1.29, 1.82) is 0 Å². The SMILES string of the molecule is COc1cc(C(C)=O)ccc1OCC(=O)O[C@@H](C)C(=O)c1ccc(F)cc1. The lowest BCUT2D eigenvalue weighted by atomic mass is 10.1. The molecule has 0 amide bonds. The number of esters is 1. The molecule has 1 atom stereocenters. The molecule has 0 unspecified atom stereocenters. The summed E-state index contributed by atoms with van der Waals surface area (Å²) in [5.74, 6) is -1.24. The van der Waals surface area contributed by atoms with Crippen molar-refractivity contribution >= 4 is 17.5 Å². The Labute approximate surface area is 155 Å². The van der Waals surface area contributed by atoms with Gasteiger partial charge >= 0.3 is 5.97 Å². The van der Waals surface area contributed by atoms with Gasteiger partial charge in [-0.2, -0.15) is 0 Å². The highest BCUT2D eigenvalue weighted by atomic mass is 19.1. The molecule has 0 aliphatic carbocycles. The topological polar surface area (TPSA) is 78.9 Å². The Hall–Kier alpha value is -3.22. The Morgan fingerprint density at radius 3 is 2.22 bits per heavy atom. The van der Waals surface area contributed by atoms with Crippen molar-refractivity contribution in [3.05, 3.63) is 59.4 Å². The zero-order valence-corrected chi connectivity index (χ0v) is 15.2. The van der Waals surface area contributed by atoms with Crippen molar-refractivity contribution in [1.82, 2.24) is 0 Å². The smallest absolute Gasteiger partial charge is 0.344 e. The van der Waals surface area contributed by atoms with Gasteiger partial charge in [0.05, 0.1) is 7.11 Å². The minimum atomic E-state index is -1.05. The molecule has 0 N–H and O–H groups in total. The normalized spacial score (nSPS) is 11.4. The molecular formula is C20H19FO6. The van der Waals surface area contributed by atoms with Crippen molar-refractivity contribution in [3.8, 4) is 11.5 Å². The molecule has 27 heavy (non-hydrogen) atoms. The molecule has 0 aromatic heterocycles. The van der Waals surface area contributed by atoms with E-state index >= 15 is 0 Å². The number of hydrogen-bond acceptors (Lipinski definition) is 6. The number of methoxy groups -OCH3 is 1. The van der Waals surface area contributed by atoms with Crippen molar-refractivity contribution in [3.63, 3.8) is 0 Å². The molecule has 0 saturated heterocycles. The van der Waals surface area contributed by atoms with E-state index in [0.29, 0.717) is 11.3 Å². The second kappa shape index (κ2) is 8.93. The Morgan fingerprint density at radius 2 is 1.63 bits per heavy atom. The Kier molecular flexibility index (Phi) is 6.65. The number of rotatable bonds is 8. The molecule has 0 fully saturated rings. The summed E-state index contributed by atoms with van der Waals surface area (Å²) >= 11 is 0. The van der Waals surface area contributed by atoms with E-state index in [4.69, 9.17) is 14.2 Å². The van der Waals surface area contributed by atoms with Crippen LogP contribution in [0.4, 0.5) is 4.39 Å². The van der Waals surface area contributed by atoms with Crippen LogP contribution in [-0.4, -0.2) is 37.4 Å². The molecule has 0 spiro atoms. The number of benzene rings is 2. The summed E-state index contributed by atoms with van der Waals surface area (Å²) in [4.78, 5) is 35.5. The highest BCUT2D eigenvalue weighted by Gasteiger charge is 2.20. The molecule has 7 heteroatoms. The summed E-state index contributed by atoms with van der Waals surface area (Å²) in [5, 5.41) is 0. The van der Waals surface area contributed by atoms with Crippen LogP contribution < -0.4 is 9.47 Å². The first-order valence-electron chi connectivity index (χ1n) is 8.13. The number of halogens is 1. The number of carbonyl (C=O) groups is 3. The summed E-state index contributed by atoms with van der Waals surface area (Å²) in [5.41, 5.74) is 0.680. The summed E-state index contributed by atoms with van der Waals surface area (Å²) < 4.78 is 28.5. The number of Topliss-reactive ketones (excluding diaryl/α,β-unsaturated/α-hetero) is 2. The van der Waals surface area contributed by atoms with Crippen LogP contribution in [0.1, 0.15) is 34.6 Å². The zero-order valence-electron chi connectivity index (χ0n) is 15.2. The molecule has 2 rings (SSSR count). The summed E-state index contributed by atoms with van der Waals surface area (Å²) in [6, 6.07) is 9.51. The molecule has 0 radical (unpaired) electrons. The van der Waals surface area contributed by atoms with Crippen molar-refractivity contribution in [2.24, 2.45) is 0 Å². The average Bonchev–Trinajstić information content (AvgIpc) is 2.66. The lowest BCUT2D eigenvalue weighted by Gasteiger charge is -2.14. The molecule has 2 aromatic carbocycles. The Balaban J connectivity index is 1.94. The van der Waals surface area contributed by atoms with Gasteiger partial charge in [-0.05, 0) is 56.3 Å². The first kappa shape index (κ1) is 20.1. The second-order valence-electron chi connectivity index (χ2n) is 5.71. The van der Waals surface area contributed by atoms with E-state index in [1.54, 1.807) is 6.07 Å². The van der Waals surface area contributed by atoms with Crippen LogP contribution in [0.15, 0.2) is 42.5 Å². The fourth-order valence-electron chi connectivity index (χ4n) is 2.28. The minimum Gasteiger partial charge on any atom is -0.493 e. The average molecular weight is 374 g/mol. The standard InChI is InChI=1S/C20H19FO6/c1-12(22)15-6-9-17(18(10-15)25-3)26-11-19(23)27-13(2)20(24)14-4-7-16(21)8-5-14/h4-10,13H,11H2,1-3H3/t13-/m0/s1. The molecule has 0 heterocycles. The molecule has 0 aliphatic heterocycles. The van der Waals surface area contributed by atoms with Crippen LogP contribution >= 0.6 is 0 Å². The van der Waals surface area contributed by atoms with E-state index in [1.807, 2.05) is 0 Å². The zero-order chi connectivity index (χ0) is 20.0. The van der Waals surface area contributed by atoms with E-state index in [-0.39, 0.29) is 17.1 Å². The van der Waals surface area contributed by atoms with Crippen molar-refractivity contribution in [2.75, 3.05) is 13.7 Å². The third kappa shape index (κ3) is 5.37. The largest absolute Gasteiger partial charge is 0.493 e. The fourth-order valence-corrected chi connectivity index (χ4v) is 2.28. The van der Waals surface area contributed by atoms with E-state index in [1.165, 1.54) is 45.2 Å². The van der Waals surface area contributed by atoms with Crippen LogP contribution in [-0.2, 0) is 9.53 Å². The maximum Gasteiger partial charge on any atom is 0.344 e. The molecule has 2 aromatic rings. The first-order chi connectivity index (χ1) is 12.8. The first-order valence-corrected chi connectivity index (χ1v) is 8.13. The molecule has 6 nitrogen and oxygen atoms in total. The van der Waals surface area contributed by atoms with E-state index in [0.717, 1.165) is 12.1 Å². The lowest BCUT2D eigenvalue weighted by Crippen LogP contribution is -2.27. The number of ether oxygens (including phenoxy) is 3. The van der Waals surface area contributed by atoms with Gasteiger partial charge in [0.2, 0.25) is 5.78 Å². The minimum absolute atomic E-state index is 0.132. The van der Waals surface area contributed by atoms with Crippen LogP contribution in [0.2, 0.25) is 0 Å². The maximum absolute atomic E-state index is 12.9. The van der Waals surface area contributed by atoms with Gasteiger partial charge in [-0.1, -0.05) is 0 Å². The predicted molar refractivity (Wildman–Crippen MR) is 94.8 cm³/mol. The van der Waals surface area contributed by atoms with E-state index < -0.39 is 30.3 Å². The van der Waals surface area contributed by atoms with Gasteiger partial charge in [0, 0.05) is 11.1 Å². The molecule has 0 aliphatic rings. The summed E-state index contributed by atoms with van der Waals surface area (Å²) in [6.45, 7) is 2.40. The van der Waals surface area contributed by atoms with E-state index in [9.17, 15) is 18.8 Å². The van der Waals surface area contributed by atoms with Crippen LogP contribution in [0.3, 0.4) is 0 Å². The molecule has 0 saturated carbocycles. The maximum atomic E-state index is 12.9.